The first kappa shape index (κ1) is 58.5. The van der Waals surface area contributed by atoms with E-state index in [4.69, 9.17) is 24.3 Å². The molecule has 0 spiro atoms. The van der Waals surface area contributed by atoms with Gasteiger partial charge in [-0.15, -0.1) is 0 Å². The number of unbranched alkanes of at least 4 members (excludes halogenated alkanes) is 20. The predicted molar refractivity (Wildman–Crippen MR) is 256 cm³/mol. The number of rotatable bonds is 45. The molecule has 2 unspecified atom stereocenters. The molecule has 0 aliphatic carbocycles. The quantitative estimate of drug-likeness (QED) is 0.0265. The third-order valence-corrected chi connectivity index (χ3v) is 11.1. The van der Waals surface area contributed by atoms with Gasteiger partial charge >= 0.3 is 19.8 Å². The lowest BCUT2D eigenvalue weighted by Crippen LogP contribution is -2.29. The average Bonchev–Trinajstić information content (AvgIpc) is 3.25. The number of allylic oxidation sites excluding steroid dienone is 12. The van der Waals surface area contributed by atoms with E-state index in [0.29, 0.717) is 6.42 Å². The molecule has 0 fully saturated rings. The second-order valence-electron chi connectivity index (χ2n) is 15.9. The molecule has 0 aliphatic heterocycles. The molecule has 0 aromatic heterocycles. The standard InChI is InChI=1S/C51H90NO8P/c1-3-5-7-9-11-13-15-17-19-20-21-22-23-24-25-26-27-28-30-31-33-35-37-39-41-43-50(53)57-47-49(48-59-61(55,56)58-46-45-52)60-51(54)44-42-40-38-36-34-32-29-18-16-14-12-10-8-6-4-2/h6,8,12,14-15,17-18,20-21,29,34,36,49H,3-5,7,9-11,13,16,19,22-28,30-33,35,37-48,52H2,1-2H3,(H,55,56)/b8-6-,14-12-,17-15-,21-20-,29-18-,36-34-. The number of carbonyl (C=O) groups is 2. The Labute approximate surface area is 373 Å². The molecule has 3 N–H and O–H groups in total. The number of hydrogen-bond acceptors (Lipinski definition) is 8. The van der Waals surface area contributed by atoms with Crippen molar-refractivity contribution in [3.63, 3.8) is 0 Å². The summed E-state index contributed by atoms with van der Waals surface area (Å²) in [4.78, 5) is 35.0. The van der Waals surface area contributed by atoms with E-state index in [2.05, 4.69) is 86.8 Å². The maximum absolute atomic E-state index is 12.6. The molecule has 10 heteroatoms. The van der Waals surface area contributed by atoms with Gasteiger partial charge < -0.3 is 20.1 Å². The van der Waals surface area contributed by atoms with Crippen LogP contribution >= 0.6 is 7.82 Å². The lowest BCUT2D eigenvalue weighted by molar-refractivity contribution is -0.161. The number of hydrogen-bond donors (Lipinski definition) is 2. The topological polar surface area (TPSA) is 134 Å². The van der Waals surface area contributed by atoms with E-state index in [1.165, 1.54) is 109 Å². The third-order valence-electron chi connectivity index (χ3n) is 10.1. The lowest BCUT2D eigenvalue weighted by atomic mass is 10.0. The van der Waals surface area contributed by atoms with Gasteiger partial charge in [0, 0.05) is 19.4 Å². The Morgan fingerprint density at radius 3 is 1.38 bits per heavy atom. The first-order valence-electron chi connectivity index (χ1n) is 24.4. The van der Waals surface area contributed by atoms with E-state index in [9.17, 15) is 19.0 Å². The number of phosphoric ester groups is 1. The fourth-order valence-corrected chi connectivity index (χ4v) is 7.24. The summed E-state index contributed by atoms with van der Waals surface area (Å²) in [5.74, 6) is -0.879. The van der Waals surface area contributed by atoms with Crippen LogP contribution in [0, 0.1) is 0 Å². The Hall–Kier alpha value is -2.55. The van der Waals surface area contributed by atoms with Crippen LogP contribution in [0.25, 0.3) is 0 Å². The van der Waals surface area contributed by atoms with Crippen LogP contribution in [-0.4, -0.2) is 49.3 Å². The summed E-state index contributed by atoms with van der Waals surface area (Å²) in [6, 6.07) is 0. The van der Waals surface area contributed by atoms with Gasteiger partial charge in [0.25, 0.3) is 0 Å². The van der Waals surface area contributed by atoms with Gasteiger partial charge in [-0.2, -0.15) is 0 Å². The number of phosphoric acid groups is 1. The molecule has 0 aromatic rings. The highest BCUT2D eigenvalue weighted by Gasteiger charge is 2.26. The van der Waals surface area contributed by atoms with Crippen molar-refractivity contribution >= 4 is 19.8 Å². The van der Waals surface area contributed by atoms with Crippen LogP contribution in [-0.2, 0) is 32.7 Å². The largest absolute Gasteiger partial charge is 0.472 e. The van der Waals surface area contributed by atoms with Crippen LogP contribution in [0.3, 0.4) is 0 Å². The second-order valence-corrected chi connectivity index (χ2v) is 17.4. The monoisotopic (exact) mass is 876 g/mol. The van der Waals surface area contributed by atoms with Crippen LogP contribution in [0.4, 0.5) is 0 Å². The molecule has 0 heterocycles. The van der Waals surface area contributed by atoms with Crippen molar-refractivity contribution < 1.29 is 37.6 Å². The van der Waals surface area contributed by atoms with Crippen molar-refractivity contribution in [1.29, 1.82) is 0 Å². The summed E-state index contributed by atoms with van der Waals surface area (Å²) in [5, 5.41) is 0. The highest BCUT2D eigenvalue weighted by Crippen LogP contribution is 2.43. The zero-order valence-corrected chi connectivity index (χ0v) is 39.8. The van der Waals surface area contributed by atoms with Crippen LogP contribution < -0.4 is 5.73 Å². The summed E-state index contributed by atoms with van der Waals surface area (Å²) in [7, 11) is -4.39. The van der Waals surface area contributed by atoms with E-state index in [1.807, 2.05) is 0 Å². The molecule has 0 radical (unpaired) electrons. The van der Waals surface area contributed by atoms with Gasteiger partial charge in [0.2, 0.25) is 0 Å². The van der Waals surface area contributed by atoms with Gasteiger partial charge in [-0.05, 0) is 83.5 Å². The number of esters is 2. The molecule has 0 aromatic carbocycles. The summed E-state index contributed by atoms with van der Waals surface area (Å²) >= 11 is 0. The molecule has 0 bridgehead atoms. The van der Waals surface area contributed by atoms with E-state index in [-0.39, 0.29) is 32.6 Å². The maximum Gasteiger partial charge on any atom is 0.472 e. The third kappa shape index (κ3) is 46.8. The average molecular weight is 876 g/mol. The van der Waals surface area contributed by atoms with Crippen molar-refractivity contribution in [3.05, 3.63) is 72.9 Å². The molecule has 352 valence electrons. The van der Waals surface area contributed by atoms with E-state index in [1.54, 1.807) is 0 Å². The Bertz CT molecular complexity index is 1230. The zero-order valence-electron chi connectivity index (χ0n) is 38.9. The van der Waals surface area contributed by atoms with Crippen molar-refractivity contribution in [2.24, 2.45) is 5.73 Å². The molecule has 0 aliphatic rings. The summed E-state index contributed by atoms with van der Waals surface area (Å²) in [6.07, 6.45) is 58.1. The minimum Gasteiger partial charge on any atom is -0.462 e. The highest BCUT2D eigenvalue weighted by molar-refractivity contribution is 7.47. The zero-order chi connectivity index (χ0) is 44.6. The maximum atomic E-state index is 12.6. The molecule has 0 rings (SSSR count). The Kier molecular flexibility index (Phi) is 45.0. The van der Waals surface area contributed by atoms with E-state index < -0.39 is 32.5 Å². The van der Waals surface area contributed by atoms with Gasteiger partial charge in [-0.3, -0.25) is 18.6 Å². The van der Waals surface area contributed by atoms with Crippen molar-refractivity contribution in [2.45, 2.75) is 213 Å². The van der Waals surface area contributed by atoms with Gasteiger partial charge in [0.1, 0.15) is 6.61 Å². The Morgan fingerprint density at radius 2 is 0.902 bits per heavy atom. The normalized spacial score (nSPS) is 13.8. The van der Waals surface area contributed by atoms with Crippen LogP contribution in [0.15, 0.2) is 72.9 Å². The molecular formula is C51H90NO8P. The van der Waals surface area contributed by atoms with Gasteiger partial charge in [0.15, 0.2) is 6.10 Å². The van der Waals surface area contributed by atoms with E-state index >= 15 is 0 Å². The highest BCUT2D eigenvalue weighted by atomic mass is 31.2. The molecule has 0 saturated heterocycles. The molecule has 61 heavy (non-hydrogen) atoms. The Balaban J connectivity index is 4.06. The van der Waals surface area contributed by atoms with Gasteiger partial charge in [-0.25, -0.2) is 4.57 Å². The van der Waals surface area contributed by atoms with Crippen LogP contribution in [0.1, 0.15) is 206 Å². The summed E-state index contributed by atoms with van der Waals surface area (Å²) in [5.41, 5.74) is 5.35. The lowest BCUT2D eigenvalue weighted by Gasteiger charge is -2.19. The minimum absolute atomic E-state index is 0.0435. The first-order chi connectivity index (χ1) is 29.8. The number of ether oxygens (including phenoxy) is 2. The summed E-state index contributed by atoms with van der Waals surface area (Å²) in [6.45, 7) is 3.56. The number of carbonyl (C=O) groups excluding carboxylic acids is 2. The number of nitrogens with two attached hydrogens (primary N) is 1. The van der Waals surface area contributed by atoms with Crippen LogP contribution in [0.5, 0.6) is 0 Å². The molecule has 9 nitrogen and oxygen atoms in total. The van der Waals surface area contributed by atoms with Crippen LogP contribution in [0.2, 0.25) is 0 Å². The minimum atomic E-state index is -4.39. The van der Waals surface area contributed by atoms with E-state index in [0.717, 1.165) is 64.2 Å². The van der Waals surface area contributed by atoms with Crippen molar-refractivity contribution in [1.82, 2.24) is 0 Å². The predicted octanol–water partition coefficient (Wildman–Crippen LogP) is 14.6. The van der Waals surface area contributed by atoms with Gasteiger partial charge in [0.05, 0.1) is 13.2 Å². The molecule has 0 amide bonds. The molecular weight excluding hydrogens is 786 g/mol. The van der Waals surface area contributed by atoms with Gasteiger partial charge in [-0.1, -0.05) is 183 Å². The van der Waals surface area contributed by atoms with Crippen molar-refractivity contribution in [2.75, 3.05) is 26.4 Å². The fraction of sp³-hybridized carbons (Fsp3) is 0.725. The second kappa shape index (κ2) is 46.9. The SMILES string of the molecule is CC/C=C\C/C=C\C/C=C\C/C=C\CCCCC(=O)OC(COC(=O)CCCCCCCCCCCCCCC/C=C\C/C=C\CCCCCCC)COP(=O)(O)OCCN. The molecule has 0 saturated carbocycles. The smallest absolute Gasteiger partial charge is 0.462 e. The molecule has 2 atom stereocenters. The first-order valence-corrected chi connectivity index (χ1v) is 25.9. The summed E-state index contributed by atoms with van der Waals surface area (Å²) < 4.78 is 32.8. The Morgan fingerprint density at radius 1 is 0.508 bits per heavy atom. The van der Waals surface area contributed by atoms with Crippen molar-refractivity contribution in [3.8, 4) is 0 Å². The fourth-order valence-electron chi connectivity index (χ4n) is 6.48.